The molecule has 102 valence electrons. The van der Waals surface area contributed by atoms with E-state index in [0.717, 1.165) is 0 Å². The number of Topliss-reactive ketones (excluding diaryl/α,β-unsaturated/α-hetero) is 1. The maximum atomic E-state index is 11.7. The summed E-state index contributed by atoms with van der Waals surface area (Å²) in [5.41, 5.74) is 0. The van der Waals surface area contributed by atoms with Gasteiger partial charge in [0, 0.05) is 6.42 Å². The molecular formula is C12H18O6. The minimum absolute atomic E-state index is 0.0924. The zero-order valence-corrected chi connectivity index (χ0v) is 10.8. The van der Waals surface area contributed by atoms with Crippen LogP contribution in [0.1, 0.15) is 26.7 Å². The van der Waals surface area contributed by atoms with Gasteiger partial charge >= 0.3 is 11.9 Å². The largest absolute Gasteiger partial charge is 0.469 e. The highest BCUT2D eigenvalue weighted by molar-refractivity contribution is 5.98. The molecule has 0 aliphatic rings. The van der Waals surface area contributed by atoms with E-state index in [2.05, 4.69) is 9.47 Å². The molecule has 0 saturated heterocycles. The third-order valence-electron chi connectivity index (χ3n) is 2.51. The molecule has 0 N–H and O–H groups in total. The Balaban J connectivity index is 4.40. The topological polar surface area (TPSA) is 86.7 Å². The highest BCUT2D eigenvalue weighted by Gasteiger charge is 2.30. The van der Waals surface area contributed by atoms with Crippen LogP contribution in [-0.2, 0) is 28.7 Å². The van der Waals surface area contributed by atoms with Gasteiger partial charge in [0.25, 0.3) is 0 Å². The van der Waals surface area contributed by atoms with Gasteiger partial charge in [-0.25, -0.2) is 0 Å². The highest BCUT2D eigenvalue weighted by atomic mass is 16.5. The Bertz CT molecular complexity index is 323. The van der Waals surface area contributed by atoms with Crippen molar-refractivity contribution in [1.82, 2.24) is 0 Å². The smallest absolute Gasteiger partial charge is 0.309 e. The van der Waals surface area contributed by atoms with Gasteiger partial charge in [0.1, 0.15) is 12.1 Å². The Morgan fingerprint density at radius 2 is 1.83 bits per heavy atom. The number of methoxy groups -OCH3 is 1. The van der Waals surface area contributed by atoms with E-state index in [4.69, 9.17) is 0 Å². The van der Waals surface area contributed by atoms with Crippen LogP contribution in [0.4, 0.5) is 0 Å². The van der Waals surface area contributed by atoms with E-state index >= 15 is 0 Å². The summed E-state index contributed by atoms with van der Waals surface area (Å²) < 4.78 is 9.13. The van der Waals surface area contributed by atoms with Gasteiger partial charge in [-0.1, -0.05) is 6.92 Å². The number of carbonyl (C=O) groups excluding carboxylic acids is 4. The van der Waals surface area contributed by atoms with Crippen molar-refractivity contribution in [3.05, 3.63) is 0 Å². The quantitative estimate of drug-likeness (QED) is 0.358. The maximum absolute atomic E-state index is 11.7. The van der Waals surface area contributed by atoms with E-state index < -0.39 is 29.6 Å². The molecule has 0 spiro atoms. The van der Waals surface area contributed by atoms with Gasteiger partial charge in [-0.2, -0.15) is 0 Å². The second kappa shape index (κ2) is 8.38. The predicted octanol–water partition coefficient (Wildman–Crippen LogP) is 0.523. The zero-order chi connectivity index (χ0) is 14.1. The fraction of sp³-hybridized carbons (Fsp3) is 0.667. The van der Waals surface area contributed by atoms with E-state index in [1.165, 1.54) is 14.0 Å². The number of hydrogen-bond donors (Lipinski definition) is 0. The number of ether oxygens (including phenoxy) is 2. The van der Waals surface area contributed by atoms with Gasteiger partial charge in [-0.05, 0) is 6.92 Å². The molecule has 0 aliphatic heterocycles. The lowest BCUT2D eigenvalue weighted by Crippen LogP contribution is -2.30. The third-order valence-corrected chi connectivity index (χ3v) is 2.51. The molecule has 0 rings (SSSR count). The summed E-state index contributed by atoms with van der Waals surface area (Å²) >= 11 is 0. The van der Waals surface area contributed by atoms with Crippen LogP contribution in [0.3, 0.4) is 0 Å². The summed E-state index contributed by atoms with van der Waals surface area (Å²) in [5.74, 6) is -3.51. The Morgan fingerprint density at radius 1 is 1.22 bits per heavy atom. The van der Waals surface area contributed by atoms with E-state index in [9.17, 15) is 19.2 Å². The molecule has 0 amide bonds. The summed E-state index contributed by atoms with van der Waals surface area (Å²) in [4.78, 5) is 44.8. The van der Waals surface area contributed by atoms with Crippen LogP contribution < -0.4 is 0 Å². The molecule has 0 bridgehead atoms. The van der Waals surface area contributed by atoms with Crippen molar-refractivity contribution in [2.45, 2.75) is 26.7 Å². The molecule has 0 saturated carbocycles. The van der Waals surface area contributed by atoms with Crippen LogP contribution in [0.2, 0.25) is 0 Å². The Morgan fingerprint density at radius 3 is 2.28 bits per heavy atom. The first-order valence-electron chi connectivity index (χ1n) is 5.69. The molecule has 0 aromatic carbocycles. The molecule has 0 aromatic heterocycles. The number of aldehydes is 1. The zero-order valence-electron chi connectivity index (χ0n) is 10.8. The number of esters is 2. The van der Waals surface area contributed by atoms with Gasteiger partial charge in [0.05, 0.1) is 32.0 Å². The number of carbonyl (C=O) groups is 4. The second-order valence-electron chi connectivity index (χ2n) is 3.75. The van der Waals surface area contributed by atoms with Gasteiger partial charge < -0.3 is 14.3 Å². The molecule has 0 aromatic rings. The number of rotatable bonds is 8. The summed E-state index contributed by atoms with van der Waals surface area (Å²) in [7, 11) is 1.18. The minimum Gasteiger partial charge on any atom is -0.469 e. The van der Waals surface area contributed by atoms with Gasteiger partial charge in [-0.15, -0.1) is 0 Å². The molecule has 0 radical (unpaired) electrons. The van der Waals surface area contributed by atoms with Crippen LogP contribution >= 0.6 is 0 Å². The lowest BCUT2D eigenvalue weighted by Gasteiger charge is -2.15. The molecule has 0 heterocycles. The van der Waals surface area contributed by atoms with Crippen LogP contribution in [0.25, 0.3) is 0 Å². The molecular weight excluding hydrogens is 240 g/mol. The summed E-state index contributed by atoms with van der Waals surface area (Å²) in [6.07, 6.45) is 0.198. The standard InChI is InChI=1S/C12H18O6/c1-4-18-11(15)6-5-10(14)9(7-13)8(2)12(16)17-3/h7-9H,4-6H2,1-3H3. The van der Waals surface area contributed by atoms with Crippen molar-refractivity contribution in [1.29, 1.82) is 0 Å². The molecule has 6 heteroatoms. The number of ketones is 1. The SMILES string of the molecule is CCOC(=O)CCC(=O)C(C=O)C(C)C(=O)OC. The van der Waals surface area contributed by atoms with E-state index in [1.54, 1.807) is 6.92 Å². The maximum Gasteiger partial charge on any atom is 0.309 e. The molecule has 6 nitrogen and oxygen atoms in total. The summed E-state index contributed by atoms with van der Waals surface area (Å²) in [6.45, 7) is 3.34. The van der Waals surface area contributed by atoms with Crippen molar-refractivity contribution in [3.63, 3.8) is 0 Å². The molecule has 2 unspecified atom stereocenters. The molecule has 2 atom stereocenters. The van der Waals surface area contributed by atoms with Crippen molar-refractivity contribution in [3.8, 4) is 0 Å². The van der Waals surface area contributed by atoms with Crippen molar-refractivity contribution in [2.24, 2.45) is 11.8 Å². The van der Waals surface area contributed by atoms with E-state index in [0.29, 0.717) is 6.29 Å². The van der Waals surface area contributed by atoms with Gasteiger partial charge in [0.2, 0.25) is 0 Å². The normalized spacial score (nSPS) is 13.3. The first kappa shape index (κ1) is 16.3. The second-order valence-corrected chi connectivity index (χ2v) is 3.75. The lowest BCUT2D eigenvalue weighted by atomic mass is 9.89. The average Bonchev–Trinajstić information content (AvgIpc) is 2.36. The third kappa shape index (κ3) is 5.07. The fourth-order valence-corrected chi connectivity index (χ4v) is 1.43. The van der Waals surface area contributed by atoms with Crippen LogP contribution in [0.5, 0.6) is 0 Å². The van der Waals surface area contributed by atoms with E-state index in [-0.39, 0.29) is 19.4 Å². The molecule has 0 fully saturated rings. The van der Waals surface area contributed by atoms with Crippen molar-refractivity contribution < 1.29 is 28.7 Å². The predicted molar refractivity (Wildman–Crippen MR) is 61.6 cm³/mol. The highest BCUT2D eigenvalue weighted by Crippen LogP contribution is 2.15. The van der Waals surface area contributed by atoms with Crippen molar-refractivity contribution in [2.75, 3.05) is 13.7 Å². The fourth-order valence-electron chi connectivity index (χ4n) is 1.43. The van der Waals surface area contributed by atoms with Crippen LogP contribution in [0, 0.1) is 11.8 Å². The first-order valence-corrected chi connectivity index (χ1v) is 5.69. The molecule has 18 heavy (non-hydrogen) atoms. The Labute approximate surface area is 106 Å². The van der Waals surface area contributed by atoms with Crippen LogP contribution in [0.15, 0.2) is 0 Å². The summed E-state index contributed by atoms with van der Waals surface area (Å²) in [5, 5.41) is 0. The van der Waals surface area contributed by atoms with Crippen LogP contribution in [-0.4, -0.2) is 37.7 Å². The Hall–Kier alpha value is -1.72. The average molecular weight is 258 g/mol. The van der Waals surface area contributed by atoms with E-state index in [1.807, 2.05) is 0 Å². The number of hydrogen-bond acceptors (Lipinski definition) is 6. The lowest BCUT2D eigenvalue weighted by molar-refractivity contribution is -0.151. The summed E-state index contributed by atoms with van der Waals surface area (Å²) in [6, 6.07) is 0. The van der Waals surface area contributed by atoms with Crippen molar-refractivity contribution >= 4 is 24.0 Å². The van der Waals surface area contributed by atoms with Gasteiger partial charge in [0.15, 0.2) is 0 Å². The monoisotopic (exact) mass is 258 g/mol. The Kier molecular flexibility index (Phi) is 7.58. The van der Waals surface area contributed by atoms with Gasteiger partial charge in [-0.3, -0.25) is 14.4 Å². The first-order chi connectivity index (χ1) is 8.47. The molecule has 0 aliphatic carbocycles. The minimum atomic E-state index is -1.08.